The van der Waals surface area contributed by atoms with E-state index in [0.717, 1.165) is 29.9 Å². The van der Waals surface area contributed by atoms with Crippen LogP contribution in [0.25, 0.3) is 11.4 Å². The first-order valence-corrected chi connectivity index (χ1v) is 10.2. The summed E-state index contributed by atoms with van der Waals surface area (Å²) in [6.45, 7) is 3.27. The van der Waals surface area contributed by atoms with E-state index in [1.165, 1.54) is 11.8 Å². The Labute approximate surface area is 168 Å². The third kappa shape index (κ3) is 5.16. The van der Waals surface area contributed by atoms with E-state index in [1.54, 1.807) is 13.4 Å². The predicted octanol–water partition coefficient (Wildman–Crippen LogP) is 3.60. The molecule has 8 heteroatoms. The molecule has 0 saturated heterocycles. The molecule has 7 nitrogen and oxygen atoms in total. The maximum Gasteiger partial charge on any atom is 0.230 e. The molecule has 3 aromatic rings. The average Bonchev–Trinajstić information content (AvgIpc) is 3.37. The number of carbonyl (C=O) groups excluding carboxylic acids is 1. The summed E-state index contributed by atoms with van der Waals surface area (Å²) in [6, 6.07) is 11.4. The van der Waals surface area contributed by atoms with Crippen molar-refractivity contribution in [3.63, 3.8) is 0 Å². The number of unbranched alkanes of at least 4 members (excludes halogenated alkanes) is 1. The van der Waals surface area contributed by atoms with Crippen LogP contribution in [0.1, 0.15) is 25.5 Å². The molecule has 1 amide bonds. The fourth-order valence-electron chi connectivity index (χ4n) is 2.66. The van der Waals surface area contributed by atoms with Gasteiger partial charge in [0.2, 0.25) is 5.91 Å². The Balaban J connectivity index is 1.81. The fraction of sp³-hybridized carbons (Fsp3) is 0.350. The quantitative estimate of drug-likeness (QED) is 0.414. The number of amides is 1. The summed E-state index contributed by atoms with van der Waals surface area (Å²) in [7, 11) is 1.63. The van der Waals surface area contributed by atoms with Crippen LogP contribution in [-0.2, 0) is 11.3 Å². The molecule has 28 heavy (non-hydrogen) atoms. The number of nitrogens with one attached hydrogen (secondary N) is 1. The van der Waals surface area contributed by atoms with Gasteiger partial charge in [0, 0.05) is 12.1 Å². The number of benzene rings is 1. The van der Waals surface area contributed by atoms with Gasteiger partial charge in [0.15, 0.2) is 11.0 Å². The average molecular weight is 401 g/mol. The number of hydrogen-bond acceptors (Lipinski definition) is 6. The van der Waals surface area contributed by atoms with Crippen LogP contribution in [0.2, 0.25) is 0 Å². The minimum atomic E-state index is -0.00562. The minimum Gasteiger partial charge on any atom is -0.497 e. The lowest BCUT2D eigenvalue weighted by atomic mass is 10.2. The van der Waals surface area contributed by atoms with Gasteiger partial charge in [-0.15, -0.1) is 10.2 Å². The Morgan fingerprint density at radius 2 is 2.18 bits per heavy atom. The Morgan fingerprint density at radius 1 is 1.29 bits per heavy atom. The third-order valence-electron chi connectivity index (χ3n) is 4.12. The number of aromatic nitrogens is 3. The molecule has 0 bridgehead atoms. The van der Waals surface area contributed by atoms with Gasteiger partial charge in [0.1, 0.15) is 11.5 Å². The van der Waals surface area contributed by atoms with Crippen molar-refractivity contribution >= 4 is 17.7 Å². The summed E-state index contributed by atoms with van der Waals surface area (Å²) in [6.07, 6.45) is 3.67. The van der Waals surface area contributed by atoms with Crippen molar-refractivity contribution in [1.82, 2.24) is 20.1 Å². The molecule has 1 aromatic carbocycles. The molecule has 3 rings (SSSR count). The monoisotopic (exact) mass is 400 g/mol. The highest BCUT2D eigenvalue weighted by atomic mass is 32.2. The second-order valence-corrected chi connectivity index (χ2v) is 7.14. The fourth-order valence-corrected chi connectivity index (χ4v) is 3.43. The van der Waals surface area contributed by atoms with E-state index in [4.69, 9.17) is 9.15 Å². The van der Waals surface area contributed by atoms with Gasteiger partial charge in [-0.2, -0.15) is 0 Å². The standard InChI is InChI=1S/C20H24N4O3S/c1-3-4-10-21-18(25)14-28-20-23-22-19(15-7-5-8-16(12-15)26-2)24(20)13-17-9-6-11-27-17/h5-9,11-12H,3-4,10,13-14H2,1-2H3,(H,21,25). The summed E-state index contributed by atoms with van der Waals surface area (Å²) in [5.74, 6) is 2.52. The van der Waals surface area contributed by atoms with E-state index in [2.05, 4.69) is 22.4 Å². The first-order chi connectivity index (χ1) is 13.7. The predicted molar refractivity (Wildman–Crippen MR) is 108 cm³/mol. The van der Waals surface area contributed by atoms with Gasteiger partial charge < -0.3 is 14.5 Å². The Hall–Kier alpha value is -2.74. The number of thioether (sulfide) groups is 1. The van der Waals surface area contributed by atoms with Gasteiger partial charge in [0.05, 0.1) is 25.7 Å². The van der Waals surface area contributed by atoms with Crippen LogP contribution in [0.15, 0.2) is 52.2 Å². The van der Waals surface area contributed by atoms with Crippen LogP contribution in [-0.4, -0.2) is 40.1 Å². The van der Waals surface area contributed by atoms with E-state index in [1.807, 2.05) is 41.0 Å². The summed E-state index contributed by atoms with van der Waals surface area (Å²) in [5, 5.41) is 12.3. The zero-order valence-electron chi connectivity index (χ0n) is 16.1. The molecule has 0 saturated carbocycles. The number of ether oxygens (including phenoxy) is 1. The van der Waals surface area contributed by atoms with E-state index in [9.17, 15) is 4.79 Å². The van der Waals surface area contributed by atoms with E-state index >= 15 is 0 Å². The highest BCUT2D eigenvalue weighted by Gasteiger charge is 2.17. The van der Waals surface area contributed by atoms with Crippen LogP contribution in [0.5, 0.6) is 5.75 Å². The van der Waals surface area contributed by atoms with Gasteiger partial charge in [-0.3, -0.25) is 9.36 Å². The van der Waals surface area contributed by atoms with E-state index in [-0.39, 0.29) is 11.7 Å². The minimum absolute atomic E-state index is 0.00562. The third-order valence-corrected chi connectivity index (χ3v) is 5.09. The summed E-state index contributed by atoms with van der Waals surface area (Å²) >= 11 is 1.36. The molecule has 0 radical (unpaired) electrons. The van der Waals surface area contributed by atoms with Gasteiger partial charge in [-0.05, 0) is 30.7 Å². The first-order valence-electron chi connectivity index (χ1n) is 9.20. The lowest BCUT2D eigenvalue weighted by molar-refractivity contribution is -0.118. The molecular formula is C20H24N4O3S. The largest absolute Gasteiger partial charge is 0.497 e. The molecule has 0 aliphatic rings. The number of rotatable bonds is 10. The maximum absolute atomic E-state index is 12.1. The van der Waals surface area contributed by atoms with E-state index in [0.29, 0.717) is 24.1 Å². The van der Waals surface area contributed by atoms with Crippen molar-refractivity contribution in [2.45, 2.75) is 31.5 Å². The number of furan rings is 1. The Morgan fingerprint density at radius 3 is 2.93 bits per heavy atom. The van der Waals surface area contributed by atoms with Gasteiger partial charge >= 0.3 is 0 Å². The van der Waals surface area contributed by atoms with Crippen molar-refractivity contribution in [3.8, 4) is 17.1 Å². The Bertz CT molecular complexity index is 893. The van der Waals surface area contributed by atoms with Crippen molar-refractivity contribution in [1.29, 1.82) is 0 Å². The van der Waals surface area contributed by atoms with Gasteiger partial charge in [-0.1, -0.05) is 37.2 Å². The normalized spacial score (nSPS) is 10.8. The maximum atomic E-state index is 12.1. The Kier molecular flexibility index (Phi) is 7.13. The van der Waals surface area contributed by atoms with Gasteiger partial charge in [-0.25, -0.2) is 0 Å². The summed E-state index contributed by atoms with van der Waals surface area (Å²) in [5.41, 5.74) is 0.887. The van der Waals surface area contributed by atoms with Crippen molar-refractivity contribution < 1.29 is 13.9 Å². The summed E-state index contributed by atoms with van der Waals surface area (Å²) in [4.78, 5) is 12.1. The molecule has 0 unspecified atom stereocenters. The number of hydrogen-bond donors (Lipinski definition) is 1. The molecule has 0 aliphatic heterocycles. The van der Waals surface area contributed by atoms with Crippen LogP contribution in [0.4, 0.5) is 0 Å². The molecular weight excluding hydrogens is 376 g/mol. The zero-order chi connectivity index (χ0) is 19.8. The molecule has 1 N–H and O–H groups in total. The SMILES string of the molecule is CCCCNC(=O)CSc1nnc(-c2cccc(OC)c2)n1Cc1ccco1. The molecule has 0 fully saturated rings. The van der Waals surface area contributed by atoms with Crippen molar-refractivity contribution in [3.05, 3.63) is 48.4 Å². The van der Waals surface area contributed by atoms with Crippen molar-refractivity contribution in [2.75, 3.05) is 19.4 Å². The van der Waals surface area contributed by atoms with Crippen LogP contribution >= 0.6 is 11.8 Å². The molecule has 0 spiro atoms. The molecule has 0 atom stereocenters. The van der Waals surface area contributed by atoms with Crippen LogP contribution in [0.3, 0.4) is 0 Å². The smallest absolute Gasteiger partial charge is 0.230 e. The number of nitrogens with zero attached hydrogens (tertiary/aromatic N) is 3. The highest BCUT2D eigenvalue weighted by Crippen LogP contribution is 2.27. The topological polar surface area (TPSA) is 82.2 Å². The molecule has 2 heterocycles. The first kappa shape index (κ1) is 20.0. The second kappa shape index (κ2) is 9.98. The molecule has 148 valence electrons. The zero-order valence-corrected chi connectivity index (χ0v) is 16.9. The van der Waals surface area contributed by atoms with E-state index < -0.39 is 0 Å². The highest BCUT2D eigenvalue weighted by molar-refractivity contribution is 7.99. The van der Waals surface area contributed by atoms with Crippen molar-refractivity contribution in [2.24, 2.45) is 0 Å². The summed E-state index contributed by atoms with van der Waals surface area (Å²) < 4.78 is 12.8. The number of carbonyl (C=O) groups is 1. The molecule has 2 aromatic heterocycles. The van der Waals surface area contributed by atoms with Gasteiger partial charge in [0.25, 0.3) is 0 Å². The number of methoxy groups -OCH3 is 1. The lowest BCUT2D eigenvalue weighted by Gasteiger charge is -2.10. The van der Waals surface area contributed by atoms with Crippen LogP contribution in [0, 0.1) is 0 Å². The lowest BCUT2D eigenvalue weighted by Crippen LogP contribution is -2.26. The second-order valence-electron chi connectivity index (χ2n) is 6.20. The molecule has 0 aliphatic carbocycles. The van der Waals surface area contributed by atoms with Crippen LogP contribution < -0.4 is 10.1 Å².